The number of nitrogens with zero attached hydrogens (tertiary/aromatic N) is 1. The van der Waals surface area contributed by atoms with E-state index in [1.165, 1.54) is 0 Å². The Hall–Kier alpha value is -2.96. The first-order chi connectivity index (χ1) is 14.9. The van der Waals surface area contributed by atoms with Crippen LogP contribution in [0.15, 0.2) is 34.7 Å². The minimum absolute atomic E-state index is 0.0992. The minimum Gasteiger partial charge on any atom is -0.494 e. The number of amides is 1. The van der Waals surface area contributed by atoms with Crippen molar-refractivity contribution in [1.29, 1.82) is 0 Å². The van der Waals surface area contributed by atoms with Gasteiger partial charge in [-0.2, -0.15) is 0 Å². The van der Waals surface area contributed by atoms with E-state index in [2.05, 4.69) is 0 Å². The number of hydrogen-bond acceptors (Lipinski definition) is 5. The van der Waals surface area contributed by atoms with Gasteiger partial charge in [0.2, 0.25) is 0 Å². The summed E-state index contributed by atoms with van der Waals surface area (Å²) in [6.45, 7) is 7.71. The lowest BCUT2D eigenvalue weighted by molar-refractivity contribution is -0.137. The van der Waals surface area contributed by atoms with E-state index in [1.54, 1.807) is 23.1 Å². The largest absolute Gasteiger partial charge is 0.494 e. The van der Waals surface area contributed by atoms with E-state index in [-0.39, 0.29) is 12.3 Å². The molecule has 2 rings (SSSR count). The molecular weight excluding hydrogens is 398 g/mol. The first-order valence-electron chi connectivity index (χ1n) is 10.9. The maximum atomic E-state index is 13.3. The highest BCUT2D eigenvalue weighted by Gasteiger charge is 2.18. The van der Waals surface area contributed by atoms with E-state index in [4.69, 9.17) is 19.0 Å². The van der Waals surface area contributed by atoms with Crippen molar-refractivity contribution in [1.82, 2.24) is 4.90 Å². The maximum absolute atomic E-state index is 13.3. The normalized spacial score (nSPS) is 10.7. The molecule has 0 spiro atoms. The molecule has 1 aromatic carbocycles. The smallest absolute Gasteiger partial charge is 0.303 e. The van der Waals surface area contributed by atoms with Crippen LogP contribution < -0.4 is 9.47 Å². The lowest BCUT2D eigenvalue weighted by Crippen LogP contribution is -2.33. The molecule has 0 bridgehead atoms. The van der Waals surface area contributed by atoms with Gasteiger partial charge in [-0.25, -0.2) is 0 Å². The molecular formula is C24H33NO6. The van der Waals surface area contributed by atoms with E-state index in [0.717, 1.165) is 24.4 Å². The third-order valence-electron chi connectivity index (χ3n) is 4.75. The maximum Gasteiger partial charge on any atom is 0.303 e. The average molecular weight is 432 g/mol. The number of rotatable bonds is 14. The van der Waals surface area contributed by atoms with E-state index >= 15 is 0 Å². The van der Waals surface area contributed by atoms with Gasteiger partial charge >= 0.3 is 5.97 Å². The Bertz CT molecular complexity index is 820. The number of benzene rings is 1. The lowest BCUT2D eigenvalue weighted by Gasteiger charge is -2.23. The highest BCUT2D eigenvalue weighted by atomic mass is 16.5. The molecule has 0 aliphatic rings. The molecule has 1 heterocycles. The number of carbonyl (C=O) groups excluding carboxylic acids is 1. The van der Waals surface area contributed by atoms with Gasteiger partial charge < -0.3 is 23.9 Å². The quantitative estimate of drug-likeness (QED) is 0.436. The minimum atomic E-state index is -0.822. The predicted octanol–water partition coefficient (Wildman–Crippen LogP) is 4.72. The van der Waals surface area contributed by atoms with Crippen LogP contribution in [0.4, 0.5) is 0 Å². The molecule has 0 unspecified atom stereocenters. The molecule has 31 heavy (non-hydrogen) atoms. The average Bonchev–Trinajstić information content (AvgIpc) is 3.14. The summed E-state index contributed by atoms with van der Waals surface area (Å²) in [5.74, 6) is 2.01. The van der Waals surface area contributed by atoms with Crippen molar-refractivity contribution in [2.24, 2.45) is 0 Å². The number of unbranched alkanes of at least 4 members (excludes halogenated alkanes) is 1. The van der Waals surface area contributed by atoms with Crippen molar-refractivity contribution in [3.8, 4) is 11.5 Å². The van der Waals surface area contributed by atoms with Gasteiger partial charge in [0.15, 0.2) is 0 Å². The zero-order valence-electron chi connectivity index (χ0n) is 18.7. The third kappa shape index (κ3) is 8.36. The number of furan rings is 1. The van der Waals surface area contributed by atoms with Crippen LogP contribution in [0.3, 0.4) is 0 Å². The number of ether oxygens (including phenoxy) is 2. The van der Waals surface area contributed by atoms with E-state index < -0.39 is 5.97 Å². The first kappa shape index (κ1) is 24.3. The number of carboxylic acids is 1. The molecule has 0 saturated heterocycles. The number of aliphatic carboxylic acids is 1. The Balaban J connectivity index is 2.11. The van der Waals surface area contributed by atoms with Crippen molar-refractivity contribution in [3.63, 3.8) is 0 Å². The Labute approximate surface area is 183 Å². The number of carboxylic acid groups (broad SMARTS) is 1. The summed E-state index contributed by atoms with van der Waals surface area (Å²) in [5, 5.41) is 8.88. The van der Waals surface area contributed by atoms with Gasteiger partial charge in [0.25, 0.3) is 5.91 Å². The van der Waals surface area contributed by atoms with Gasteiger partial charge in [-0.1, -0.05) is 0 Å². The fourth-order valence-electron chi connectivity index (χ4n) is 3.34. The van der Waals surface area contributed by atoms with Crippen LogP contribution >= 0.6 is 0 Å². The fraction of sp³-hybridized carbons (Fsp3) is 0.500. The molecule has 170 valence electrons. The van der Waals surface area contributed by atoms with Gasteiger partial charge in [0.05, 0.1) is 13.2 Å². The van der Waals surface area contributed by atoms with Crippen molar-refractivity contribution in [2.75, 3.05) is 26.3 Å². The van der Waals surface area contributed by atoms with Crippen LogP contribution in [-0.4, -0.2) is 48.2 Å². The van der Waals surface area contributed by atoms with Gasteiger partial charge in [0, 0.05) is 37.6 Å². The number of hydrogen-bond donors (Lipinski definition) is 1. The molecule has 7 nitrogen and oxygen atoms in total. The molecule has 0 radical (unpaired) electrons. The molecule has 0 atom stereocenters. The van der Waals surface area contributed by atoms with Crippen molar-refractivity contribution in [2.45, 2.75) is 52.9 Å². The molecule has 0 aliphatic heterocycles. The lowest BCUT2D eigenvalue weighted by atomic mass is 10.1. The molecule has 0 fully saturated rings. The number of aryl methyl sites for hydroxylation is 2. The molecule has 0 saturated carbocycles. The van der Waals surface area contributed by atoms with Crippen molar-refractivity contribution >= 4 is 11.9 Å². The van der Waals surface area contributed by atoms with Crippen LogP contribution in [0.1, 0.15) is 61.4 Å². The Morgan fingerprint density at radius 1 is 0.968 bits per heavy atom. The topological polar surface area (TPSA) is 89.2 Å². The molecule has 1 N–H and O–H groups in total. The standard InChI is InChI=1S/C24H33NO6/c1-4-29-21-15-19(16-22(17-21)30-5-2)24(28)25(13-7-6-10-23(26)27)14-8-9-20-12-11-18(3)31-20/h11-12,15-17H,4-10,13-14H2,1-3H3,(H,26,27). The van der Waals surface area contributed by atoms with Crippen LogP contribution in [-0.2, 0) is 11.2 Å². The monoisotopic (exact) mass is 431 g/mol. The molecule has 1 amide bonds. The Kier molecular flexibility index (Phi) is 9.94. The van der Waals surface area contributed by atoms with Crippen LogP contribution in [0.2, 0.25) is 0 Å². The summed E-state index contributed by atoms with van der Waals surface area (Å²) in [6.07, 6.45) is 2.74. The highest BCUT2D eigenvalue weighted by Crippen LogP contribution is 2.24. The van der Waals surface area contributed by atoms with Crippen molar-refractivity contribution in [3.05, 3.63) is 47.4 Å². The summed E-state index contributed by atoms with van der Waals surface area (Å²) in [4.78, 5) is 25.9. The SMILES string of the molecule is CCOc1cc(OCC)cc(C(=O)N(CCCCC(=O)O)CCCc2ccc(C)o2)c1. The summed E-state index contributed by atoms with van der Waals surface area (Å²) in [6, 6.07) is 9.12. The molecule has 7 heteroatoms. The highest BCUT2D eigenvalue weighted by molar-refractivity contribution is 5.95. The summed E-state index contributed by atoms with van der Waals surface area (Å²) in [7, 11) is 0. The Morgan fingerprint density at radius 2 is 1.61 bits per heavy atom. The zero-order chi connectivity index (χ0) is 22.6. The van der Waals surface area contributed by atoms with Crippen LogP contribution in [0.25, 0.3) is 0 Å². The van der Waals surface area contributed by atoms with E-state index in [9.17, 15) is 9.59 Å². The first-order valence-corrected chi connectivity index (χ1v) is 10.9. The molecule has 0 aliphatic carbocycles. The van der Waals surface area contributed by atoms with Crippen molar-refractivity contribution < 1.29 is 28.6 Å². The second-order valence-electron chi connectivity index (χ2n) is 7.32. The molecule has 2 aromatic rings. The Morgan fingerprint density at radius 3 is 2.16 bits per heavy atom. The predicted molar refractivity (Wildman–Crippen MR) is 118 cm³/mol. The fourth-order valence-corrected chi connectivity index (χ4v) is 3.34. The summed E-state index contributed by atoms with van der Waals surface area (Å²) >= 11 is 0. The zero-order valence-corrected chi connectivity index (χ0v) is 18.7. The van der Waals surface area contributed by atoms with Gasteiger partial charge in [0.1, 0.15) is 23.0 Å². The third-order valence-corrected chi connectivity index (χ3v) is 4.75. The molecule has 1 aromatic heterocycles. The van der Waals surface area contributed by atoms with Gasteiger partial charge in [-0.05, 0) is 64.3 Å². The van der Waals surface area contributed by atoms with E-state index in [1.807, 2.05) is 32.9 Å². The van der Waals surface area contributed by atoms with Gasteiger partial charge in [-0.3, -0.25) is 9.59 Å². The number of carbonyl (C=O) groups is 2. The van der Waals surface area contributed by atoms with Gasteiger partial charge in [-0.15, -0.1) is 0 Å². The van der Waals surface area contributed by atoms with Crippen LogP contribution in [0.5, 0.6) is 11.5 Å². The second kappa shape index (κ2) is 12.7. The summed E-state index contributed by atoms with van der Waals surface area (Å²) < 4.78 is 16.8. The van der Waals surface area contributed by atoms with Crippen LogP contribution in [0, 0.1) is 6.92 Å². The summed E-state index contributed by atoms with van der Waals surface area (Å²) in [5.41, 5.74) is 0.501. The second-order valence-corrected chi connectivity index (χ2v) is 7.32. The van der Waals surface area contributed by atoms with E-state index in [0.29, 0.717) is 56.2 Å².